The highest BCUT2D eigenvalue weighted by Gasteiger charge is 2.10. The number of ether oxygens (including phenoxy) is 2. The fourth-order valence-corrected chi connectivity index (χ4v) is 2.23. The molecule has 0 saturated heterocycles. The van der Waals surface area contributed by atoms with Gasteiger partial charge >= 0.3 is 0 Å². The number of para-hydroxylation sites is 1. The van der Waals surface area contributed by atoms with Crippen LogP contribution in [0.25, 0.3) is 0 Å². The molecule has 108 valence electrons. The molecule has 2 aromatic carbocycles. The van der Waals surface area contributed by atoms with Gasteiger partial charge in [0.05, 0.1) is 12.8 Å². The number of anilines is 1. The average molecular weight is 281 g/mol. The quantitative estimate of drug-likeness (QED) is 0.870. The second kappa shape index (κ2) is 6.84. The Morgan fingerprint density at radius 3 is 2.48 bits per heavy atom. The lowest BCUT2D eigenvalue weighted by Gasteiger charge is -2.20. The Morgan fingerprint density at radius 1 is 1.00 bits per heavy atom. The van der Waals surface area contributed by atoms with Crippen LogP contribution >= 0.6 is 0 Å². The largest absolute Gasteiger partial charge is 0.497 e. The summed E-state index contributed by atoms with van der Waals surface area (Å²) in [5.41, 5.74) is 1.08. The summed E-state index contributed by atoms with van der Waals surface area (Å²) >= 11 is 0. The summed E-state index contributed by atoms with van der Waals surface area (Å²) in [6, 6.07) is 17.8. The summed E-state index contributed by atoms with van der Waals surface area (Å²) in [5, 5.41) is 3.39. The van der Waals surface area contributed by atoms with E-state index in [2.05, 4.69) is 11.4 Å². The Kier molecular flexibility index (Phi) is 4.42. The molecule has 0 spiro atoms. The Labute approximate surface area is 125 Å². The monoisotopic (exact) mass is 281 g/mol. The third-order valence-electron chi connectivity index (χ3n) is 3.39. The number of nitrogens with one attached hydrogen (secondary N) is 1. The van der Waals surface area contributed by atoms with Gasteiger partial charge in [-0.25, -0.2) is 0 Å². The highest BCUT2D eigenvalue weighted by molar-refractivity contribution is 5.47. The van der Waals surface area contributed by atoms with Gasteiger partial charge in [0.25, 0.3) is 0 Å². The third kappa shape index (κ3) is 4.02. The van der Waals surface area contributed by atoms with Gasteiger partial charge in [-0.3, -0.25) is 0 Å². The fraction of sp³-hybridized carbons (Fsp3) is 0.222. The van der Waals surface area contributed by atoms with Crippen LogP contribution in [0.2, 0.25) is 0 Å². The van der Waals surface area contributed by atoms with Gasteiger partial charge < -0.3 is 14.8 Å². The van der Waals surface area contributed by atoms with E-state index in [4.69, 9.17) is 9.47 Å². The number of hydrogen-bond acceptors (Lipinski definition) is 3. The van der Waals surface area contributed by atoms with E-state index in [0.717, 1.165) is 36.6 Å². The lowest BCUT2D eigenvalue weighted by molar-refractivity contribution is 0.135. The standard InChI is InChI=1S/C18H19NO2/c1-2-6-16(7-3-1)21-17-11-9-15(10-12-17)19-14-18-8-4-5-13-20-18/h1-3,5-7,9-13,18-19H,4,8,14H2. The summed E-state index contributed by atoms with van der Waals surface area (Å²) < 4.78 is 11.3. The zero-order valence-electron chi connectivity index (χ0n) is 11.9. The van der Waals surface area contributed by atoms with Crippen LogP contribution in [0.1, 0.15) is 12.8 Å². The van der Waals surface area contributed by atoms with Crippen LogP contribution in [-0.2, 0) is 4.74 Å². The predicted octanol–water partition coefficient (Wildman–Crippen LogP) is 4.58. The van der Waals surface area contributed by atoms with Crippen molar-refractivity contribution in [3.63, 3.8) is 0 Å². The molecule has 0 saturated carbocycles. The number of hydrogen-bond donors (Lipinski definition) is 1. The topological polar surface area (TPSA) is 30.5 Å². The minimum atomic E-state index is 0.259. The second-order valence-corrected chi connectivity index (χ2v) is 5.03. The van der Waals surface area contributed by atoms with Crippen LogP contribution in [0, 0.1) is 0 Å². The van der Waals surface area contributed by atoms with Gasteiger partial charge in [0.1, 0.15) is 17.6 Å². The molecule has 1 aliphatic heterocycles. The molecular formula is C18H19NO2. The molecular weight excluding hydrogens is 262 g/mol. The van der Waals surface area contributed by atoms with Crippen molar-refractivity contribution < 1.29 is 9.47 Å². The lowest BCUT2D eigenvalue weighted by Crippen LogP contribution is -2.22. The first kappa shape index (κ1) is 13.6. The van der Waals surface area contributed by atoms with Crippen molar-refractivity contribution >= 4 is 5.69 Å². The van der Waals surface area contributed by atoms with Gasteiger partial charge in [-0.2, -0.15) is 0 Å². The van der Waals surface area contributed by atoms with Gasteiger partial charge in [-0.05, 0) is 55.3 Å². The maximum absolute atomic E-state index is 5.77. The molecule has 0 amide bonds. The Morgan fingerprint density at radius 2 is 1.76 bits per heavy atom. The molecule has 3 heteroatoms. The molecule has 0 bridgehead atoms. The van der Waals surface area contributed by atoms with E-state index in [0.29, 0.717) is 0 Å². The van der Waals surface area contributed by atoms with Crippen LogP contribution in [0.3, 0.4) is 0 Å². The van der Waals surface area contributed by atoms with E-state index in [9.17, 15) is 0 Å². The van der Waals surface area contributed by atoms with Gasteiger partial charge in [0.15, 0.2) is 0 Å². The SMILES string of the molecule is C1=COC(CNc2ccc(Oc3ccccc3)cc2)CC1. The van der Waals surface area contributed by atoms with Crippen molar-refractivity contribution in [1.29, 1.82) is 0 Å². The third-order valence-corrected chi connectivity index (χ3v) is 3.39. The van der Waals surface area contributed by atoms with Crippen molar-refractivity contribution in [2.75, 3.05) is 11.9 Å². The van der Waals surface area contributed by atoms with Crippen molar-refractivity contribution in [2.24, 2.45) is 0 Å². The van der Waals surface area contributed by atoms with Crippen LogP contribution in [0.5, 0.6) is 11.5 Å². The molecule has 1 heterocycles. The summed E-state index contributed by atoms with van der Waals surface area (Å²) in [5.74, 6) is 1.68. The fourth-order valence-electron chi connectivity index (χ4n) is 2.23. The zero-order valence-corrected chi connectivity index (χ0v) is 11.9. The Balaban J connectivity index is 1.53. The normalized spacial score (nSPS) is 17.0. The van der Waals surface area contributed by atoms with Gasteiger partial charge in [0, 0.05) is 5.69 Å². The van der Waals surface area contributed by atoms with E-state index < -0.39 is 0 Å². The minimum Gasteiger partial charge on any atom is -0.497 e. The van der Waals surface area contributed by atoms with Gasteiger partial charge in [-0.15, -0.1) is 0 Å². The molecule has 21 heavy (non-hydrogen) atoms. The molecule has 0 radical (unpaired) electrons. The van der Waals surface area contributed by atoms with Gasteiger partial charge in [0.2, 0.25) is 0 Å². The molecule has 2 aromatic rings. The summed E-state index contributed by atoms with van der Waals surface area (Å²) in [6.45, 7) is 0.823. The van der Waals surface area contributed by atoms with E-state index in [1.165, 1.54) is 0 Å². The first-order valence-electron chi connectivity index (χ1n) is 7.27. The second-order valence-electron chi connectivity index (χ2n) is 5.03. The highest BCUT2D eigenvalue weighted by atomic mass is 16.5. The first-order chi connectivity index (χ1) is 10.4. The van der Waals surface area contributed by atoms with E-state index in [1.54, 1.807) is 6.26 Å². The average Bonchev–Trinajstić information content (AvgIpc) is 2.56. The van der Waals surface area contributed by atoms with E-state index in [-0.39, 0.29) is 6.10 Å². The number of allylic oxidation sites excluding steroid dienone is 1. The van der Waals surface area contributed by atoms with Crippen molar-refractivity contribution in [1.82, 2.24) is 0 Å². The van der Waals surface area contributed by atoms with Crippen LogP contribution in [0.4, 0.5) is 5.69 Å². The zero-order chi connectivity index (χ0) is 14.3. The molecule has 1 unspecified atom stereocenters. The predicted molar refractivity (Wildman–Crippen MR) is 84.7 cm³/mol. The molecule has 1 aliphatic rings. The van der Waals surface area contributed by atoms with Crippen LogP contribution in [0.15, 0.2) is 66.9 Å². The maximum atomic E-state index is 5.77. The minimum absolute atomic E-state index is 0.259. The van der Waals surface area contributed by atoms with Crippen molar-refractivity contribution in [3.05, 3.63) is 66.9 Å². The van der Waals surface area contributed by atoms with E-state index in [1.807, 2.05) is 54.6 Å². The molecule has 1 atom stereocenters. The van der Waals surface area contributed by atoms with Crippen LogP contribution < -0.4 is 10.1 Å². The molecule has 3 nitrogen and oxygen atoms in total. The molecule has 0 aromatic heterocycles. The molecule has 1 N–H and O–H groups in total. The Hall–Kier alpha value is -2.42. The molecule has 0 aliphatic carbocycles. The van der Waals surface area contributed by atoms with Gasteiger partial charge in [-0.1, -0.05) is 18.2 Å². The summed E-state index contributed by atoms with van der Waals surface area (Å²) in [6.07, 6.45) is 6.28. The molecule has 0 fully saturated rings. The first-order valence-corrected chi connectivity index (χ1v) is 7.27. The smallest absolute Gasteiger partial charge is 0.127 e. The van der Waals surface area contributed by atoms with Crippen molar-refractivity contribution in [3.8, 4) is 11.5 Å². The number of rotatable bonds is 5. The lowest BCUT2D eigenvalue weighted by atomic mass is 10.1. The highest BCUT2D eigenvalue weighted by Crippen LogP contribution is 2.22. The van der Waals surface area contributed by atoms with E-state index >= 15 is 0 Å². The molecule has 3 rings (SSSR count). The number of benzene rings is 2. The van der Waals surface area contributed by atoms with Crippen LogP contribution in [-0.4, -0.2) is 12.6 Å². The Bertz CT molecular complexity index is 578. The summed E-state index contributed by atoms with van der Waals surface area (Å²) in [4.78, 5) is 0. The maximum Gasteiger partial charge on any atom is 0.127 e. The van der Waals surface area contributed by atoms with Crippen molar-refractivity contribution in [2.45, 2.75) is 18.9 Å². The summed E-state index contributed by atoms with van der Waals surface area (Å²) in [7, 11) is 0.